The van der Waals surface area contributed by atoms with E-state index in [9.17, 15) is 14.3 Å². The van der Waals surface area contributed by atoms with Gasteiger partial charge in [-0.1, -0.05) is 41.4 Å². The molecule has 0 spiro atoms. The van der Waals surface area contributed by atoms with Crippen LogP contribution < -0.4 is 0 Å². The summed E-state index contributed by atoms with van der Waals surface area (Å²) in [6.45, 7) is 2.98. The standard InChI is InChI=1S/C21H21Cl2FN4O2/c1-11-12-4-3-5-15(21(2,30)10-24)13(12)6-7-28(11)17(29)8-14-16(22)9-25-20-18(14)19(23)26-27-20/h3-5,9,11,30H,6-8,10H2,1-2H3,(H,25,26,27)/t11-,21?/m0/s1. The van der Waals surface area contributed by atoms with E-state index in [1.165, 1.54) is 13.1 Å². The molecule has 158 valence electrons. The van der Waals surface area contributed by atoms with E-state index >= 15 is 0 Å². The minimum Gasteiger partial charge on any atom is -0.383 e. The number of hydrogen-bond donors (Lipinski definition) is 2. The second-order valence-electron chi connectivity index (χ2n) is 7.79. The second kappa shape index (κ2) is 7.80. The molecule has 9 heteroatoms. The molecule has 0 saturated carbocycles. The van der Waals surface area contributed by atoms with Gasteiger partial charge in [-0.15, -0.1) is 0 Å². The van der Waals surface area contributed by atoms with E-state index < -0.39 is 12.3 Å². The summed E-state index contributed by atoms with van der Waals surface area (Å²) in [7, 11) is 0. The van der Waals surface area contributed by atoms with Crippen molar-refractivity contribution in [3.05, 3.63) is 56.8 Å². The van der Waals surface area contributed by atoms with Crippen molar-refractivity contribution in [1.82, 2.24) is 20.1 Å². The van der Waals surface area contributed by atoms with E-state index in [1.54, 1.807) is 17.0 Å². The Bertz CT molecular complexity index is 1130. The Hall–Kier alpha value is -2.22. The first kappa shape index (κ1) is 21.0. The number of H-pyrrole nitrogens is 1. The molecule has 2 atom stereocenters. The number of aliphatic hydroxyl groups is 1. The van der Waals surface area contributed by atoms with Gasteiger partial charge in [-0.3, -0.25) is 9.89 Å². The molecule has 4 rings (SSSR count). The summed E-state index contributed by atoms with van der Waals surface area (Å²) in [6, 6.07) is 5.23. The molecule has 1 aliphatic heterocycles. The fraction of sp³-hybridized carbons (Fsp3) is 0.381. The van der Waals surface area contributed by atoms with E-state index in [0.29, 0.717) is 40.1 Å². The number of rotatable bonds is 4. The summed E-state index contributed by atoms with van der Waals surface area (Å²) in [5.74, 6) is -0.109. The predicted molar refractivity (Wildman–Crippen MR) is 113 cm³/mol. The quantitative estimate of drug-likeness (QED) is 0.625. The first-order valence-corrected chi connectivity index (χ1v) is 10.4. The van der Waals surface area contributed by atoms with Gasteiger partial charge in [0.1, 0.15) is 12.3 Å². The number of amides is 1. The van der Waals surface area contributed by atoms with Crippen LogP contribution in [0.2, 0.25) is 10.2 Å². The van der Waals surface area contributed by atoms with Crippen molar-refractivity contribution < 1.29 is 14.3 Å². The SMILES string of the molecule is C[C@H]1c2cccc(C(C)(O)CF)c2CCN1C(=O)Cc1c(Cl)cnc2[nH]nc(Cl)c12. The van der Waals surface area contributed by atoms with Crippen LogP contribution in [0.5, 0.6) is 0 Å². The van der Waals surface area contributed by atoms with Gasteiger partial charge in [-0.2, -0.15) is 5.10 Å². The van der Waals surface area contributed by atoms with Gasteiger partial charge in [-0.05, 0) is 42.5 Å². The molecule has 0 radical (unpaired) electrons. The molecule has 0 saturated heterocycles. The van der Waals surface area contributed by atoms with Crippen molar-refractivity contribution in [2.45, 2.75) is 38.3 Å². The highest BCUT2D eigenvalue weighted by Crippen LogP contribution is 2.37. The lowest BCUT2D eigenvalue weighted by Crippen LogP contribution is -2.41. The smallest absolute Gasteiger partial charge is 0.227 e. The minimum absolute atomic E-state index is 0.0542. The average Bonchev–Trinajstić information content (AvgIpc) is 3.11. The molecule has 1 unspecified atom stereocenters. The minimum atomic E-state index is -1.55. The lowest BCUT2D eigenvalue weighted by Gasteiger charge is -2.38. The van der Waals surface area contributed by atoms with Crippen molar-refractivity contribution in [3.63, 3.8) is 0 Å². The van der Waals surface area contributed by atoms with Gasteiger partial charge in [0.2, 0.25) is 5.91 Å². The third kappa shape index (κ3) is 3.45. The molecule has 1 amide bonds. The van der Waals surface area contributed by atoms with Crippen LogP contribution in [-0.2, 0) is 23.2 Å². The highest BCUT2D eigenvalue weighted by Gasteiger charge is 2.34. The molecule has 0 bridgehead atoms. The summed E-state index contributed by atoms with van der Waals surface area (Å²) in [6.07, 6.45) is 2.06. The maximum atomic E-state index is 13.4. The molecule has 3 heterocycles. The number of halogens is 3. The zero-order chi connectivity index (χ0) is 21.6. The van der Waals surface area contributed by atoms with Crippen LogP contribution in [0.15, 0.2) is 24.4 Å². The number of aromatic nitrogens is 3. The number of pyridine rings is 1. The van der Waals surface area contributed by atoms with Gasteiger partial charge >= 0.3 is 0 Å². The zero-order valence-corrected chi connectivity index (χ0v) is 18.1. The number of alkyl halides is 1. The lowest BCUT2D eigenvalue weighted by atomic mass is 9.83. The molecule has 1 aromatic carbocycles. The molecule has 6 nitrogen and oxygen atoms in total. The maximum absolute atomic E-state index is 13.4. The van der Waals surface area contributed by atoms with Crippen molar-refractivity contribution >= 4 is 40.1 Å². The predicted octanol–water partition coefficient (Wildman–Crippen LogP) is 4.13. The Kier molecular flexibility index (Phi) is 5.46. The summed E-state index contributed by atoms with van der Waals surface area (Å²) in [4.78, 5) is 19.1. The normalized spacial score (nSPS) is 18.3. The average molecular weight is 451 g/mol. The highest BCUT2D eigenvalue weighted by atomic mass is 35.5. The highest BCUT2D eigenvalue weighted by molar-refractivity contribution is 6.36. The van der Waals surface area contributed by atoms with Crippen LogP contribution in [0, 0.1) is 0 Å². The summed E-state index contributed by atoms with van der Waals surface area (Å²) < 4.78 is 13.4. The monoisotopic (exact) mass is 450 g/mol. The number of nitrogens with zero attached hydrogens (tertiary/aromatic N) is 3. The Morgan fingerprint density at radius 3 is 2.93 bits per heavy atom. The molecule has 3 aromatic rings. The molecule has 2 N–H and O–H groups in total. The number of carbonyl (C=O) groups is 1. The number of nitrogens with one attached hydrogen (secondary N) is 1. The molecular formula is C21H21Cl2FN4O2. The largest absolute Gasteiger partial charge is 0.383 e. The summed E-state index contributed by atoms with van der Waals surface area (Å²) in [5.41, 5.74) is 1.89. The number of hydrogen-bond acceptors (Lipinski definition) is 4. The van der Waals surface area contributed by atoms with Gasteiger partial charge in [0.25, 0.3) is 0 Å². The van der Waals surface area contributed by atoms with Gasteiger partial charge in [0, 0.05) is 12.7 Å². The fourth-order valence-corrected chi connectivity index (χ4v) is 4.66. The van der Waals surface area contributed by atoms with Crippen LogP contribution in [0.4, 0.5) is 4.39 Å². The third-order valence-corrected chi connectivity index (χ3v) is 6.42. The Morgan fingerprint density at radius 1 is 1.43 bits per heavy atom. The van der Waals surface area contributed by atoms with E-state index in [1.807, 2.05) is 13.0 Å². The lowest BCUT2D eigenvalue weighted by molar-refractivity contribution is -0.133. The first-order chi connectivity index (χ1) is 14.2. The van der Waals surface area contributed by atoms with Crippen LogP contribution >= 0.6 is 23.2 Å². The van der Waals surface area contributed by atoms with Crippen molar-refractivity contribution in [1.29, 1.82) is 0 Å². The van der Waals surface area contributed by atoms with Gasteiger partial charge in [0.05, 0.1) is 22.9 Å². The Labute approximate surface area is 183 Å². The fourth-order valence-electron chi connectivity index (χ4n) is 4.20. The first-order valence-electron chi connectivity index (χ1n) is 9.61. The molecular weight excluding hydrogens is 430 g/mol. The molecule has 2 aromatic heterocycles. The maximum Gasteiger partial charge on any atom is 0.227 e. The topological polar surface area (TPSA) is 82.1 Å². The zero-order valence-electron chi connectivity index (χ0n) is 16.5. The van der Waals surface area contributed by atoms with Crippen LogP contribution in [0.1, 0.15) is 42.1 Å². The molecule has 1 aliphatic rings. The molecule has 30 heavy (non-hydrogen) atoms. The number of aromatic amines is 1. The summed E-state index contributed by atoms with van der Waals surface area (Å²) in [5, 5.41) is 18.2. The van der Waals surface area contributed by atoms with Crippen molar-refractivity contribution in [3.8, 4) is 0 Å². The van der Waals surface area contributed by atoms with Crippen LogP contribution in [0.3, 0.4) is 0 Å². The molecule has 0 fully saturated rings. The van der Waals surface area contributed by atoms with E-state index in [0.717, 1.165) is 11.1 Å². The van der Waals surface area contributed by atoms with Gasteiger partial charge in [-0.25, -0.2) is 9.37 Å². The summed E-state index contributed by atoms with van der Waals surface area (Å²) >= 11 is 12.5. The van der Waals surface area contributed by atoms with E-state index in [2.05, 4.69) is 15.2 Å². The van der Waals surface area contributed by atoms with E-state index in [4.69, 9.17) is 23.2 Å². The Balaban J connectivity index is 1.65. The van der Waals surface area contributed by atoms with E-state index in [-0.39, 0.29) is 23.5 Å². The third-order valence-electron chi connectivity index (χ3n) is 5.82. The second-order valence-corrected chi connectivity index (χ2v) is 8.56. The van der Waals surface area contributed by atoms with Crippen molar-refractivity contribution in [2.24, 2.45) is 0 Å². The van der Waals surface area contributed by atoms with Gasteiger partial charge < -0.3 is 10.0 Å². The van der Waals surface area contributed by atoms with Crippen LogP contribution in [0.25, 0.3) is 11.0 Å². The van der Waals surface area contributed by atoms with Gasteiger partial charge in [0.15, 0.2) is 10.8 Å². The number of carbonyl (C=O) groups excluding carboxylic acids is 1. The Morgan fingerprint density at radius 2 is 2.20 bits per heavy atom. The van der Waals surface area contributed by atoms with Crippen LogP contribution in [-0.4, -0.2) is 44.3 Å². The number of fused-ring (bicyclic) bond motifs is 2. The molecule has 0 aliphatic carbocycles. The van der Waals surface area contributed by atoms with Crippen molar-refractivity contribution in [2.75, 3.05) is 13.2 Å². The number of benzene rings is 1.